The molecule has 3 aliphatic rings. The van der Waals surface area contributed by atoms with Crippen molar-refractivity contribution in [2.75, 3.05) is 0 Å². The van der Waals surface area contributed by atoms with E-state index in [2.05, 4.69) is 5.32 Å². The van der Waals surface area contributed by atoms with Crippen molar-refractivity contribution >= 4 is 11.8 Å². The van der Waals surface area contributed by atoms with Gasteiger partial charge in [0.25, 0.3) is 0 Å². The number of hydrogen-bond acceptors (Lipinski definition) is 4. The molecule has 1 saturated carbocycles. The fraction of sp³-hybridized carbons (Fsp3) is 0.478. The van der Waals surface area contributed by atoms with Gasteiger partial charge in [-0.3, -0.25) is 4.79 Å². The highest BCUT2D eigenvalue weighted by atomic mass is 16.5. The van der Waals surface area contributed by atoms with E-state index in [1.54, 1.807) is 0 Å². The first kappa shape index (κ1) is 18.0. The Morgan fingerprint density at radius 3 is 2.52 bits per heavy atom. The predicted octanol–water partition coefficient (Wildman–Crippen LogP) is 4.53. The van der Waals surface area contributed by atoms with Gasteiger partial charge in [-0.2, -0.15) is 0 Å². The maximum absolute atomic E-state index is 13.2. The van der Waals surface area contributed by atoms with Crippen molar-refractivity contribution in [3.8, 4) is 0 Å². The fourth-order valence-electron chi connectivity index (χ4n) is 4.63. The highest BCUT2D eigenvalue weighted by Gasteiger charge is 2.39. The third-order valence-corrected chi connectivity index (χ3v) is 5.95. The van der Waals surface area contributed by atoms with Crippen molar-refractivity contribution < 1.29 is 14.3 Å². The fourth-order valence-corrected chi connectivity index (χ4v) is 4.63. The van der Waals surface area contributed by atoms with Crippen molar-refractivity contribution in [2.45, 2.75) is 70.3 Å². The molecule has 1 fully saturated rings. The van der Waals surface area contributed by atoms with E-state index in [1.165, 1.54) is 6.42 Å². The Balaban J connectivity index is 1.71. The number of allylic oxidation sites excluding steroid dienone is 3. The molecule has 1 heterocycles. The van der Waals surface area contributed by atoms with E-state index in [0.717, 1.165) is 61.1 Å². The average molecular weight is 365 g/mol. The largest absolute Gasteiger partial charge is 0.459 e. The molecule has 1 atom stereocenters. The molecule has 1 aromatic carbocycles. The molecule has 0 unspecified atom stereocenters. The minimum atomic E-state index is -0.327. The third kappa shape index (κ3) is 3.58. The second kappa shape index (κ2) is 7.71. The van der Waals surface area contributed by atoms with Crippen molar-refractivity contribution in [3.63, 3.8) is 0 Å². The molecule has 0 radical (unpaired) electrons. The smallest absolute Gasteiger partial charge is 0.337 e. The minimum absolute atomic E-state index is 0.000377. The molecule has 1 aliphatic heterocycles. The maximum Gasteiger partial charge on any atom is 0.337 e. The predicted molar refractivity (Wildman–Crippen MR) is 104 cm³/mol. The molecule has 27 heavy (non-hydrogen) atoms. The van der Waals surface area contributed by atoms with E-state index < -0.39 is 0 Å². The summed E-state index contributed by atoms with van der Waals surface area (Å²) >= 11 is 0. The number of carbonyl (C=O) groups is 2. The van der Waals surface area contributed by atoms with Gasteiger partial charge in [-0.15, -0.1) is 0 Å². The summed E-state index contributed by atoms with van der Waals surface area (Å²) in [7, 11) is 0. The summed E-state index contributed by atoms with van der Waals surface area (Å²) in [6.07, 6.45) is 7.59. The van der Waals surface area contributed by atoms with Gasteiger partial charge in [0.2, 0.25) is 0 Å². The van der Waals surface area contributed by atoms with Crippen LogP contribution in [0.4, 0.5) is 0 Å². The molecular weight excluding hydrogens is 338 g/mol. The second-order valence-electron chi connectivity index (χ2n) is 7.84. The second-order valence-corrected chi connectivity index (χ2v) is 7.84. The summed E-state index contributed by atoms with van der Waals surface area (Å²) in [6.45, 7) is 1.93. The Kier molecular flexibility index (Phi) is 5.15. The molecule has 0 aromatic heterocycles. The molecule has 4 nitrogen and oxygen atoms in total. The Bertz CT molecular complexity index is 800. The molecule has 142 valence electrons. The number of dihydropyridines is 1. The first-order chi connectivity index (χ1) is 13.1. The molecule has 0 saturated heterocycles. The Labute approximate surface area is 160 Å². The van der Waals surface area contributed by atoms with Crippen LogP contribution < -0.4 is 5.32 Å². The molecule has 0 spiro atoms. The van der Waals surface area contributed by atoms with Crippen LogP contribution >= 0.6 is 0 Å². The molecule has 0 amide bonds. The number of hydrogen-bond donors (Lipinski definition) is 1. The van der Waals surface area contributed by atoms with Gasteiger partial charge < -0.3 is 10.1 Å². The number of benzene rings is 1. The van der Waals surface area contributed by atoms with Gasteiger partial charge in [0.1, 0.15) is 6.10 Å². The van der Waals surface area contributed by atoms with Crippen LogP contribution in [0, 0.1) is 0 Å². The monoisotopic (exact) mass is 365 g/mol. The number of ether oxygens (including phenoxy) is 1. The normalized spacial score (nSPS) is 23.7. The maximum atomic E-state index is 13.2. The van der Waals surface area contributed by atoms with E-state index in [9.17, 15) is 9.59 Å². The van der Waals surface area contributed by atoms with Crippen molar-refractivity contribution in [1.82, 2.24) is 5.32 Å². The number of carbonyl (C=O) groups excluding carboxylic acids is 2. The summed E-state index contributed by atoms with van der Waals surface area (Å²) < 4.78 is 5.90. The van der Waals surface area contributed by atoms with Gasteiger partial charge in [-0.05, 0) is 51.0 Å². The van der Waals surface area contributed by atoms with Gasteiger partial charge in [0, 0.05) is 29.3 Å². The van der Waals surface area contributed by atoms with Crippen molar-refractivity contribution in [3.05, 3.63) is 58.4 Å². The number of nitrogens with one attached hydrogen (secondary N) is 1. The standard InChI is InChI=1S/C23H27NO3/c1-15-20(23(26)27-17-11-6-3-7-12-17)21(16-9-4-2-5-10-16)22-18(24-15)13-8-14-19(22)25/h2,4-5,9-10,17,21,24H,3,6-8,11-14H2,1H3/t21-/m0/s1. The van der Waals surface area contributed by atoms with Gasteiger partial charge in [0.15, 0.2) is 5.78 Å². The van der Waals surface area contributed by atoms with Crippen LogP contribution in [0.3, 0.4) is 0 Å². The average Bonchev–Trinajstić information content (AvgIpc) is 2.68. The topological polar surface area (TPSA) is 55.4 Å². The van der Waals surface area contributed by atoms with Crippen LogP contribution in [-0.2, 0) is 14.3 Å². The van der Waals surface area contributed by atoms with Gasteiger partial charge in [0.05, 0.1) is 5.57 Å². The lowest BCUT2D eigenvalue weighted by atomic mass is 9.75. The van der Waals surface area contributed by atoms with Crippen molar-refractivity contribution in [1.29, 1.82) is 0 Å². The number of Topliss-reactive ketones (excluding diaryl/α,β-unsaturated/α-hetero) is 1. The van der Waals surface area contributed by atoms with E-state index >= 15 is 0 Å². The van der Waals surface area contributed by atoms with Crippen LogP contribution in [0.15, 0.2) is 52.9 Å². The highest BCUT2D eigenvalue weighted by molar-refractivity contribution is 6.03. The van der Waals surface area contributed by atoms with Crippen molar-refractivity contribution in [2.24, 2.45) is 0 Å². The van der Waals surface area contributed by atoms with Crippen LogP contribution in [0.25, 0.3) is 0 Å². The van der Waals surface area contributed by atoms with Gasteiger partial charge in [-0.25, -0.2) is 4.79 Å². The zero-order valence-electron chi connectivity index (χ0n) is 15.9. The molecule has 2 aliphatic carbocycles. The van der Waals surface area contributed by atoms with Crippen LogP contribution in [0.5, 0.6) is 0 Å². The minimum Gasteiger partial charge on any atom is -0.459 e. The summed E-state index contributed by atoms with van der Waals surface area (Å²) in [6, 6.07) is 9.89. The number of esters is 1. The van der Waals surface area contributed by atoms with E-state index in [1.807, 2.05) is 37.3 Å². The first-order valence-electron chi connectivity index (χ1n) is 10.1. The molecule has 4 rings (SSSR count). The lowest BCUT2D eigenvalue weighted by Crippen LogP contribution is -2.35. The Hall–Kier alpha value is -2.36. The zero-order chi connectivity index (χ0) is 18.8. The number of ketones is 1. The molecule has 1 N–H and O–H groups in total. The van der Waals surface area contributed by atoms with Crippen LogP contribution in [-0.4, -0.2) is 17.9 Å². The quantitative estimate of drug-likeness (QED) is 0.800. The molecule has 1 aromatic rings. The number of rotatable bonds is 3. The summed E-state index contributed by atoms with van der Waals surface area (Å²) in [4.78, 5) is 26.0. The Morgan fingerprint density at radius 1 is 1.04 bits per heavy atom. The molecular formula is C23H27NO3. The summed E-state index contributed by atoms with van der Waals surface area (Å²) in [5.74, 6) is -0.454. The van der Waals surface area contributed by atoms with Gasteiger partial charge in [-0.1, -0.05) is 36.8 Å². The molecule has 0 bridgehead atoms. The SMILES string of the molecule is CC1=C(C(=O)OC2CCCCC2)[C@H](c2ccccc2)C2=C(CCCC2=O)N1. The Morgan fingerprint density at radius 2 is 1.78 bits per heavy atom. The summed E-state index contributed by atoms with van der Waals surface area (Å²) in [5, 5.41) is 3.35. The lowest BCUT2D eigenvalue weighted by Gasteiger charge is -2.35. The van der Waals surface area contributed by atoms with Gasteiger partial charge >= 0.3 is 5.97 Å². The van der Waals surface area contributed by atoms with E-state index in [0.29, 0.717) is 12.0 Å². The highest BCUT2D eigenvalue weighted by Crippen LogP contribution is 2.42. The zero-order valence-corrected chi connectivity index (χ0v) is 15.9. The third-order valence-electron chi connectivity index (χ3n) is 5.95. The van der Waals surface area contributed by atoms with E-state index in [4.69, 9.17) is 4.74 Å². The first-order valence-corrected chi connectivity index (χ1v) is 10.1. The lowest BCUT2D eigenvalue weighted by molar-refractivity contribution is -0.146. The van der Waals surface area contributed by atoms with Crippen LogP contribution in [0.2, 0.25) is 0 Å². The van der Waals surface area contributed by atoms with E-state index in [-0.39, 0.29) is 23.8 Å². The van der Waals surface area contributed by atoms with Crippen LogP contribution in [0.1, 0.15) is 69.8 Å². The molecule has 4 heteroatoms. The summed E-state index contributed by atoms with van der Waals surface area (Å²) in [5.41, 5.74) is 4.14.